The molecule has 1 unspecified atom stereocenters. The van der Waals surface area contributed by atoms with Gasteiger partial charge in [0.1, 0.15) is 0 Å². The molecule has 2 atom stereocenters. The first-order chi connectivity index (χ1) is 15.9. The highest BCUT2D eigenvalue weighted by Crippen LogP contribution is 2.29. The zero-order valence-corrected chi connectivity index (χ0v) is 20.9. The summed E-state index contributed by atoms with van der Waals surface area (Å²) in [6.07, 6.45) is 3.91. The maximum absolute atomic E-state index is 13.6. The van der Waals surface area contributed by atoms with Gasteiger partial charge in [-0.15, -0.1) is 0 Å². The minimum Gasteiger partial charge on any atom is -0.396 e. The van der Waals surface area contributed by atoms with Gasteiger partial charge in [0.15, 0.2) is 0 Å². The highest BCUT2D eigenvalue weighted by atomic mass is 16.5. The third kappa shape index (κ3) is 9.24. The predicted octanol–water partition coefficient (Wildman–Crippen LogP) is 2.55. The van der Waals surface area contributed by atoms with Gasteiger partial charge in [-0.1, -0.05) is 70.2 Å². The first-order valence-electron chi connectivity index (χ1n) is 11.6. The number of aliphatic hydroxyl groups excluding tert-OH is 1. The lowest BCUT2D eigenvalue weighted by Gasteiger charge is -2.43. The first kappa shape index (κ1) is 29.3. The van der Waals surface area contributed by atoms with Crippen LogP contribution in [-0.4, -0.2) is 57.2 Å². The van der Waals surface area contributed by atoms with E-state index in [0.29, 0.717) is 6.42 Å². The summed E-state index contributed by atoms with van der Waals surface area (Å²) in [6, 6.07) is 7.55. The van der Waals surface area contributed by atoms with E-state index in [1.54, 1.807) is 32.3 Å². The van der Waals surface area contributed by atoms with E-state index < -0.39 is 29.3 Å². The van der Waals surface area contributed by atoms with E-state index >= 15 is 0 Å². The normalized spacial score (nSPS) is 13.6. The molecule has 190 valence electrons. The second-order valence-corrected chi connectivity index (χ2v) is 9.70. The highest BCUT2D eigenvalue weighted by molar-refractivity contribution is 5.85. The lowest BCUT2D eigenvalue weighted by Crippen LogP contribution is -2.58. The molecule has 5 N–H and O–H groups in total. The lowest BCUT2D eigenvalue weighted by atomic mass is 9.94. The number of nitrogens with two attached hydrogens (primary N) is 1. The number of carbonyl (C=O) groups excluding carboxylic acids is 3. The molecule has 0 bridgehead atoms. The average Bonchev–Trinajstić information content (AvgIpc) is 2.80. The van der Waals surface area contributed by atoms with Crippen LogP contribution in [-0.2, 0) is 14.4 Å². The summed E-state index contributed by atoms with van der Waals surface area (Å²) in [5, 5.41) is 21.4. The second-order valence-electron chi connectivity index (χ2n) is 9.70. The van der Waals surface area contributed by atoms with Gasteiger partial charge in [0.2, 0.25) is 11.8 Å². The molecule has 9 heteroatoms. The molecule has 0 fully saturated rings. The fourth-order valence-electron chi connectivity index (χ4n) is 3.25. The quantitative estimate of drug-likeness (QED) is 0.208. The van der Waals surface area contributed by atoms with Crippen molar-refractivity contribution in [3.63, 3.8) is 0 Å². The van der Waals surface area contributed by atoms with Crippen molar-refractivity contribution >= 4 is 17.7 Å². The molecule has 0 spiro atoms. The maximum atomic E-state index is 13.6. The van der Waals surface area contributed by atoms with Crippen molar-refractivity contribution < 1.29 is 24.7 Å². The van der Waals surface area contributed by atoms with E-state index in [1.165, 1.54) is 16.1 Å². The van der Waals surface area contributed by atoms with Crippen LogP contribution in [0.4, 0.5) is 0 Å². The van der Waals surface area contributed by atoms with Gasteiger partial charge in [-0.2, -0.15) is 0 Å². The van der Waals surface area contributed by atoms with E-state index in [0.717, 1.165) is 5.56 Å². The Morgan fingerprint density at radius 3 is 2.26 bits per heavy atom. The van der Waals surface area contributed by atoms with Crippen molar-refractivity contribution in [2.45, 2.75) is 66.0 Å². The van der Waals surface area contributed by atoms with Crippen molar-refractivity contribution in [1.29, 1.82) is 0 Å². The Kier molecular flexibility index (Phi) is 11.9. The number of carbonyl (C=O) groups is 3. The smallest absolute Gasteiger partial charge is 0.257 e. The Balaban J connectivity index is 3.64. The summed E-state index contributed by atoms with van der Waals surface area (Å²) in [5.74, 6) is -1.06. The number of nitrogens with zero attached hydrogens (tertiary/aromatic N) is 2. The van der Waals surface area contributed by atoms with Crippen LogP contribution in [0.25, 0.3) is 0 Å². The number of hydrogen-bond acceptors (Lipinski definition) is 6. The number of hydrazine groups is 1. The van der Waals surface area contributed by atoms with Crippen molar-refractivity contribution in [3.05, 3.63) is 48.0 Å². The Hall–Kier alpha value is -2.75. The SMILES string of the molecule is CC(C)CCC(=O)N(C(C=CCC(=O)NO)c1ccccc1)N(CC(C)(C)CO)C(=O)[C@@H](C)N. The number of aliphatic hydroxyl groups is 1. The molecule has 0 aliphatic rings. The molecular formula is C25H40N4O5. The Morgan fingerprint density at radius 1 is 1.15 bits per heavy atom. The molecule has 1 aromatic carbocycles. The number of benzene rings is 1. The standard InChI is InChI=1S/C25H40N4O5/c1-18(2)14-15-23(32)29(28(24(33)19(3)26)16-25(4,5)17-30)21(12-9-13-22(31)27-34)20-10-7-6-8-11-20/h6-12,18-19,21,30,34H,13-17,26H2,1-5H3,(H,27,31)/t19-,21?/m1/s1. The van der Waals surface area contributed by atoms with Crippen LogP contribution >= 0.6 is 0 Å². The minimum atomic E-state index is -0.879. The molecule has 34 heavy (non-hydrogen) atoms. The van der Waals surface area contributed by atoms with E-state index in [4.69, 9.17) is 10.9 Å². The van der Waals surface area contributed by atoms with Gasteiger partial charge < -0.3 is 10.8 Å². The van der Waals surface area contributed by atoms with E-state index in [1.807, 2.05) is 44.2 Å². The highest BCUT2D eigenvalue weighted by Gasteiger charge is 2.36. The van der Waals surface area contributed by atoms with Crippen LogP contribution in [0, 0.1) is 11.3 Å². The fraction of sp³-hybridized carbons (Fsp3) is 0.560. The Morgan fingerprint density at radius 2 is 1.76 bits per heavy atom. The number of rotatable bonds is 12. The third-order valence-electron chi connectivity index (χ3n) is 5.25. The monoisotopic (exact) mass is 476 g/mol. The maximum Gasteiger partial charge on any atom is 0.257 e. The van der Waals surface area contributed by atoms with E-state index in [2.05, 4.69) is 0 Å². The van der Waals surface area contributed by atoms with Crippen molar-refractivity contribution in [3.8, 4) is 0 Å². The molecule has 0 heterocycles. The molecule has 9 nitrogen and oxygen atoms in total. The minimum absolute atomic E-state index is 0.0611. The molecule has 3 amide bonds. The molecule has 0 aliphatic carbocycles. The third-order valence-corrected chi connectivity index (χ3v) is 5.25. The largest absolute Gasteiger partial charge is 0.396 e. The lowest BCUT2D eigenvalue weighted by molar-refractivity contribution is -0.172. The number of hydrogen-bond donors (Lipinski definition) is 4. The predicted molar refractivity (Wildman–Crippen MR) is 130 cm³/mol. The van der Waals surface area contributed by atoms with Gasteiger partial charge >= 0.3 is 0 Å². The number of nitrogens with one attached hydrogen (secondary N) is 1. The summed E-state index contributed by atoms with van der Waals surface area (Å²) in [7, 11) is 0. The summed E-state index contributed by atoms with van der Waals surface area (Å²) >= 11 is 0. The summed E-state index contributed by atoms with van der Waals surface area (Å²) in [5.41, 5.74) is 7.56. The number of amides is 3. The van der Waals surface area contributed by atoms with Crippen LogP contribution in [0.3, 0.4) is 0 Å². The van der Waals surface area contributed by atoms with Gasteiger partial charge in [0, 0.05) is 24.9 Å². The zero-order valence-electron chi connectivity index (χ0n) is 20.9. The van der Waals surface area contributed by atoms with Gasteiger partial charge in [0.05, 0.1) is 18.6 Å². The van der Waals surface area contributed by atoms with Gasteiger partial charge in [-0.25, -0.2) is 15.5 Å². The van der Waals surface area contributed by atoms with Gasteiger partial charge in [-0.05, 0) is 24.8 Å². The molecule has 1 rings (SSSR count). The van der Waals surface area contributed by atoms with Crippen LogP contribution in [0.15, 0.2) is 42.5 Å². The summed E-state index contributed by atoms with van der Waals surface area (Å²) < 4.78 is 0. The van der Waals surface area contributed by atoms with Crippen LogP contribution in [0.5, 0.6) is 0 Å². The number of hydroxylamine groups is 1. The van der Waals surface area contributed by atoms with E-state index in [-0.39, 0.29) is 37.8 Å². The van der Waals surface area contributed by atoms with Gasteiger partial charge in [-0.3, -0.25) is 19.6 Å². The topological polar surface area (TPSA) is 136 Å². The van der Waals surface area contributed by atoms with Crippen molar-refractivity contribution in [2.75, 3.05) is 13.2 Å². The average molecular weight is 477 g/mol. The van der Waals surface area contributed by atoms with Crippen LogP contribution in [0.2, 0.25) is 0 Å². The zero-order chi connectivity index (χ0) is 25.9. The summed E-state index contributed by atoms with van der Waals surface area (Å²) in [6.45, 7) is 9.03. The van der Waals surface area contributed by atoms with Crippen molar-refractivity contribution in [1.82, 2.24) is 15.5 Å². The van der Waals surface area contributed by atoms with Gasteiger partial charge in [0.25, 0.3) is 5.91 Å². The Bertz CT molecular complexity index is 824. The molecule has 0 radical (unpaired) electrons. The molecule has 1 aromatic rings. The molecule has 0 saturated carbocycles. The first-order valence-corrected chi connectivity index (χ1v) is 11.6. The Labute approximate surface area is 202 Å². The van der Waals surface area contributed by atoms with Crippen molar-refractivity contribution in [2.24, 2.45) is 17.1 Å². The molecule has 0 aromatic heterocycles. The van der Waals surface area contributed by atoms with Crippen LogP contribution in [0.1, 0.15) is 65.5 Å². The van der Waals surface area contributed by atoms with Crippen LogP contribution < -0.4 is 11.2 Å². The summed E-state index contributed by atoms with van der Waals surface area (Å²) in [4.78, 5) is 38.5. The van der Waals surface area contributed by atoms with E-state index in [9.17, 15) is 19.5 Å². The fourth-order valence-corrected chi connectivity index (χ4v) is 3.25. The molecule has 0 aliphatic heterocycles. The molecule has 0 saturated heterocycles. The second kappa shape index (κ2) is 13.8. The molecular weight excluding hydrogens is 436 g/mol.